The lowest BCUT2D eigenvalue weighted by Crippen LogP contribution is -1.91. The van der Waals surface area contributed by atoms with Crippen molar-refractivity contribution in [2.75, 3.05) is 0 Å². The molecule has 50 heavy (non-hydrogen) atoms. The number of hydrogen-bond acceptors (Lipinski definition) is 0. The van der Waals surface area contributed by atoms with Crippen LogP contribution in [0, 0.1) is 0 Å². The van der Waals surface area contributed by atoms with Crippen molar-refractivity contribution in [3.05, 3.63) is 182 Å². The van der Waals surface area contributed by atoms with Crippen LogP contribution in [0.4, 0.5) is 0 Å². The SMILES string of the molecule is c1ccc(-c2ccc(-c3cc(-c4ccc(-c5ccc6c7c(cccc57)-c5ccccc5-6)cc4)c4ccc5cccc6ccc3c4c65)cc2)cc1. The molecule has 0 fully saturated rings. The van der Waals surface area contributed by atoms with Gasteiger partial charge in [0.15, 0.2) is 0 Å². The number of benzene rings is 10. The number of fused-ring (bicyclic) bond motifs is 3. The Morgan fingerprint density at radius 1 is 0.200 bits per heavy atom. The van der Waals surface area contributed by atoms with Gasteiger partial charge in [-0.05, 0) is 116 Å². The fraction of sp³-hybridized carbons (Fsp3) is 0. The van der Waals surface area contributed by atoms with Crippen molar-refractivity contribution in [1.29, 1.82) is 0 Å². The lowest BCUT2D eigenvalue weighted by Gasteiger charge is -2.18. The average Bonchev–Trinajstić information content (AvgIpc) is 3.52. The van der Waals surface area contributed by atoms with Crippen LogP contribution in [0.1, 0.15) is 0 Å². The van der Waals surface area contributed by atoms with Crippen LogP contribution in [0.5, 0.6) is 0 Å². The van der Waals surface area contributed by atoms with Gasteiger partial charge in [0.1, 0.15) is 0 Å². The van der Waals surface area contributed by atoms with Crippen LogP contribution < -0.4 is 0 Å². The fourth-order valence-electron chi connectivity index (χ4n) is 8.67. The van der Waals surface area contributed by atoms with Crippen molar-refractivity contribution in [1.82, 2.24) is 0 Å². The molecule has 0 heteroatoms. The highest BCUT2D eigenvalue weighted by Crippen LogP contribution is 2.50. The molecule has 0 aliphatic heterocycles. The highest BCUT2D eigenvalue weighted by molar-refractivity contribution is 6.28. The van der Waals surface area contributed by atoms with Crippen molar-refractivity contribution in [2.24, 2.45) is 0 Å². The molecule has 0 spiro atoms. The van der Waals surface area contributed by atoms with E-state index in [2.05, 4.69) is 182 Å². The molecular formula is C50H30. The topological polar surface area (TPSA) is 0 Å². The Morgan fingerprint density at radius 2 is 0.660 bits per heavy atom. The summed E-state index contributed by atoms with van der Waals surface area (Å²) in [5.41, 5.74) is 15.3. The smallest absolute Gasteiger partial charge is 0.00143 e. The minimum Gasteiger partial charge on any atom is -0.0622 e. The molecule has 0 saturated carbocycles. The average molecular weight is 631 g/mol. The minimum absolute atomic E-state index is 1.23. The van der Waals surface area contributed by atoms with Crippen LogP contribution in [-0.2, 0) is 0 Å². The van der Waals surface area contributed by atoms with Gasteiger partial charge in [-0.2, -0.15) is 0 Å². The molecule has 0 unspecified atom stereocenters. The van der Waals surface area contributed by atoms with Gasteiger partial charge in [-0.1, -0.05) is 176 Å². The Balaban J connectivity index is 1.09. The molecular weight excluding hydrogens is 601 g/mol. The molecule has 230 valence electrons. The summed E-state index contributed by atoms with van der Waals surface area (Å²) in [5, 5.41) is 10.5. The van der Waals surface area contributed by atoms with Gasteiger partial charge in [0.05, 0.1) is 0 Å². The van der Waals surface area contributed by atoms with Crippen molar-refractivity contribution < 1.29 is 0 Å². The Bertz CT molecular complexity index is 2880. The molecule has 0 saturated heterocycles. The lowest BCUT2D eigenvalue weighted by molar-refractivity contribution is 1.60. The lowest BCUT2D eigenvalue weighted by atomic mass is 9.85. The second-order valence-corrected chi connectivity index (χ2v) is 13.6. The third-order valence-corrected chi connectivity index (χ3v) is 11.0. The molecule has 10 aromatic carbocycles. The fourth-order valence-corrected chi connectivity index (χ4v) is 8.67. The Kier molecular flexibility index (Phi) is 5.76. The van der Waals surface area contributed by atoms with E-state index >= 15 is 0 Å². The first-order chi connectivity index (χ1) is 24.8. The molecule has 0 radical (unpaired) electrons. The van der Waals surface area contributed by atoms with E-state index in [0.717, 1.165) is 0 Å². The summed E-state index contributed by atoms with van der Waals surface area (Å²) < 4.78 is 0. The summed E-state index contributed by atoms with van der Waals surface area (Å²) in [6.07, 6.45) is 0. The van der Waals surface area contributed by atoms with Gasteiger partial charge < -0.3 is 0 Å². The minimum atomic E-state index is 1.23. The third kappa shape index (κ3) is 3.94. The van der Waals surface area contributed by atoms with Crippen molar-refractivity contribution in [2.45, 2.75) is 0 Å². The van der Waals surface area contributed by atoms with Crippen LogP contribution in [0.15, 0.2) is 182 Å². The first kappa shape index (κ1) is 27.5. The van der Waals surface area contributed by atoms with E-state index in [9.17, 15) is 0 Å². The summed E-state index contributed by atoms with van der Waals surface area (Å²) >= 11 is 0. The Morgan fingerprint density at radius 3 is 1.30 bits per heavy atom. The maximum absolute atomic E-state index is 2.42. The zero-order valence-electron chi connectivity index (χ0n) is 27.3. The predicted molar refractivity (Wildman–Crippen MR) is 214 cm³/mol. The van der Waals surface area contributed by atoms with E-state index < -0.39 is 0 Å². The van der Waals surface area contributed by atoms with Crippen LogP contribution in [0.25, 0.3) is 110 Å². The zero-order chi connectivity index (χ0) is 32.8. The maximum Gasteiger partial charge on any atom is -0.00143 e. The first-order valence-electron chi connectivity index (χ1n) is 17.4. The first-order valence-corrected chi connectivity index (χ1v) is 17.4. The van der Waals surface area contributed by atoms with Gasteiger partial charge in [-0.3, -0.25) is 0 Å². The quantitative estimate of drug-likeness (QED) is 0.170. The van der Waals surface area contributed by atoms with Gasteiger partial charge in [0, 0.05) is 0 Å². The Hall–Kier alpha value is -6.50. The zero-order valence-corrected chi connectivity index (χ0v) is 27.3. The van der Waals surface area contributed by atoms with Gasteiger partial charge >= 0.3 is 0 Å². The molecule has 0 N–H and O–H groups in total. The van der Waals surface area contributed by atoms with Crippen molar-refractivity contribution >= 4 is 43.1 Å². The molecule has 10 aromatic rings. The molecule has 0 aromatic heterocycles. The van der Waals surface area contributed by atoms with Gasteiger partial charge in [0.2, 0.25) is 0 Å². The second-order valence-electron chi connectivity index (χ2n) is 13.6. The number of hydrogen-bond donors (Lipinski definition) is 0. The normalized spacial score (nSPS) is 12.0. The predicted octanol–water partition coefficient (Wildman–Crippen LogP) is 14.1. The summed E-state index contributed by atoms with van der Waals surface area (Å²) in [6, 6.07) is 67.5. The molecule has 1 aliphatic rings. The van der Waals surface area contributed by atoms with Crippen LogP contribution in [0.3, 0.4) is 0 Å². The van der Waals surface area contributed by atoms with E-state index in [-0.39, 0.29) is 0 Å². The van der Waals surface area contributed by atoms with Gasteiger partial charge in [-0.15, -0.1) is 0 Å². The highest BCUT2D eigenvalue weighted by Gasteiger charge is 2.22. The maximum atomic E-state index is 2.42. The van der Waals surface area contributed by atoms with E-state index in [0.29, 0.717) is 0 Å². The van der Waals surface area contributed by atoms with E-state index in [1.165, 1.54) is 110 Å². The molecule has 0 bridgehead atoms. The van der Waals surface area contributed by atoms with Gasteiger partial charge in [-0.25, -0.2) is 0 Å². The molecule has 1 aliphatic carbocycles. The standard InChI is InChI=1S/C50H30/c1-2-8-31(9-3-1)32-16-18-34(19-17-32)46-30-47(45-27-25-37-11-6-10-36-24-26-44(46)50(45)48(36)37)35-22-20-33(21-23-35)38-28-29-43-40-13-5-4-12-39(40)42-15-7-14-41(38)49(42)43/h1-30H. The monoisotopic (exact) mass is 630 g/mol. The van der Waals surface area contributed by atoms with Gasteiger partial charge in [0.25, 0.3) is 0 Å². The van der Waals surface area contributed by atoms with Crippen molar-refractivity contribution in [3.8, 4) is 66.8 Å². The van der Waals surface area contributed by atoms with E-state index in [1.807, 2.05) is 0 Å². The molecule has 11 rings (SSSR count). The van der Waals surface area contributed by atoms with Crippen molar-refractivity contribution in [3.63, 3.8) is 0 Å². The molecule has 0 amide bonds. The highest BCUT2D eigenvalue weighted by atomic mass is 14.3. The largest absolute Gasteiger partial charge is 0.0622 e. The summed E-state index contributed by atoms with van der Waals surface area (Å²) in [7, 11) is 0. The molecule has 0 heterocycles. The van der Waals surface area contributed by atoms with Crippen LogP contribution >= 0.6 is 0 Å². The molecule has 0 nitrogen and oxygen atoms in total. The van der Waals surface area contributed by atoms with E-state index in [1.54, 1.807) is 0 Å². The number of rotatable bonds is 4. The second kappa shape index (κ2) is 10.5. The summed E-state index contributed by atoms with van der Waals surface area (Å²) in [4.78, 5) is 0. The van der Waals surface area contributed by atoms with Crippen LogP contribution in [-0.4, -0.2) is 0 Å². The Labute approximate surface area is 290 Å². The summed E-state index contributed by atoms with van der Waals surface area (Å²) in [5.74, 6) is 0. The van der Waals surface area contributed by atoms with E-state index in [4.69, 9.17) is 0 Å². The van der Waals surface area contributed by atoms with Crippen LogP contribution in [0.2, 0.25) is 0 Å². The third-order valence-electron chi connectivity index (χ3n) is 11.0. The molecule has 0 atom stereocenters. The summed E-state index contributed by atoms with van der Waals surface area (Å²) in [6.45, 7) is 0.